The van der Waals surface area contributed by atoms with Crippen LogP contribution in [0.25, 0.3) is 0 Å². The number of benzene rings is 1. The molecule has 6 nitrogen and oxygen atoms in total. The molecule has 1 radical (unpaired) electrons. The largest absolute Gasteiger partial charge is 0.480 e. The van der Waals surface area contributed by atoms with Crippen molar-refractivity contribution >= 4 is 47.2 Å². The summed E-state index contributed by atoms with van der Waals surface area (Å²) < 4.78 is 4.86. The monoisotopic (exact) mass is 330 g/mol. The van der Waals surface area contributed by atoms with Gasteiger partial charge < -0.3 is 19.8 Å². The molecular formula is C16H21NNaO5. The Balaban J connectivity index is 0.00000484. The van der Waals surface area contributed by atoms with E-state index in [4.69, 9.17) is 9.84 Å². The zero-order valence-electron chi connectivity index (χ0n) is 13.8. The molecule has 7 heteroatoms. The van der Waals surface area contributed by atoms with E-state index in [0.29, 0.717) is 5.69 Å². The second kappa shape index (κ2) is 10.4. The zero-order valence-corrected chi connectivity index (χ0v) is 15.8. The van der Waals surface area contributed by atoms with Crippen molar-refractivity contribution in [1.82, 2.24) is 0 Å². The Bertz CT molecular complexity index is 544. The molecule has 1 rings (SSSR count). The number of carbonyl (C=O) groups is 2. The summed E-state index contributed by atoms with van der Waals surface area (Å²) in [4.78, 5) is 23.8. The first-order valence-electron chi connectivity index (χ1n) is 6.83. The molecule has 1 unspecified atom stereocenters. The average Bonchev–Trinajstić information content (AvgIpc) is 2.44. The van der Waals surface area contributed by atoms with Crippen LogP contribution in [0.2, 0.25) is 0 Å². The maximum Gasteiger partial charge on any atom is 0.333 e. The van der Waals surface area contributed by atoms with Crippen molar-refractivity contribution in [2.75, 3.05) is 24.6 Å². The molecular weight excluding hydrogens is 309 g/mol. The summed E-state index contributed by atoms with van der Waals surface area (Å²) in [5, 5.41) is 18.9. The van der Waals surface area contributed by atoms with Crippen LogP contribution in [0.15, 0.2) is 36.4 Å². The molecule has 0 amide bonds. The summed E-state index contributed by atoms with van der Waals surface area (Å²) in [6.45, 7) is 6.45. The number of aliphatic carboxylic acids is 1. The first-order chi connectivity index (χ1) is 10.3. The molecule has 0 fully saturated rings. The molecule has 0 heterocycles. The first-order valence-corrected chi connectivity index (χ1v) is 6.83. The van der Waals surface area contributed by atoms with E-state index in [9.17, 15) is 14.7 Å². The van der Waals surface area contributed by atoms with Crippen LogP contribution in [0.1, 0.15) is 12.5 Å². The molecule has 0 bridgehead atoms. The van der Waals surface area contributed by atoms with Gasteiger partial charge in [0.15, 0.2) is 0 Å². The third-order valence-electron chi connectivity index (χ3n) is 2.91. The second-order valence-electron chi connectivity index (χ2n) is 5.14. The van der Waals surface area contributed by atoms with E-state index in [1.54, 1.807) is 12.1 Å². The molecule has 1 atom stereocenters. The van der Waals surface area contributed by atoms with Gasteiger partial charge in [0.1, 0.15) is 19.3 Å². The Morgan fingerprint density at radius 3 is 2.35 bits per heavy atom. The summed E-state index contributed by atoms with van der Waals surface area (Å²) in [5.74, 6) is -1.59. The molecule has 0 aromatic heterocycles. The molecule has 0 aliphatic heterocycles. The number of carboxylic acid groups (broad SMARTS) is 1. The van der Waals surface area contributed by atoms with Crippen LogP contribution in [0.5, 0.6) is 0 Å². The van der Waals surface area contributed by atoms with E-state index < -0.39 is 18.0 Å². The third-order valence-corrected chi connectivity index (χ3v) is 2.91. The van der Waals surface area contributed by atoms with E-state index in [1.807, 2.05) is 19.1 Å². The van der Waals surface area contributed by atoms with Crippen molar-refractivity contribution in [3.63, 3.8) is 0 Å². The fourth-order valence-corrected chi connectivity index (χ4v) is 1.78. The number of carboxylic acids is 1. The summed E-state index contributed by atoms with van der Waals surface area (Å²) in [6.07, 6.45) is -0.996. The summed E-state index contributed by atoms with van der Waals surface area (Å²) in [5.41, 5.74) is 1.97. The van der Waals surface area contributed by atoms with Crippen LogP contribution in [0, 0.1) is 6.92 Å². The van der Waals surface area contributed by atoms with E-state index in [0.717, 1.165) is 5.56 Å². The number of carbonyl (C=O) groups excluding carboxylic acids is 1. The molecule has 0 saturated heterocycles. The van der Waals surface area contributed by atoms with Gasteiger partial charge in [0.25, 0.3) is 0 Å². The van der Waals surface area contributed by atoms with E-state index >= 15 is 0 Å². The van der Waals surface area contributed by atoms with E-state index in [2.05, 4.69) is 6.58 Å². The number of anilines is 1. The number of aliphatic hydroxyl groups is 1. The normalized spacial score (nSPS) is 11.1. The minimum atomic E-state index is -1.01. The fraction of sp³-hybridized carbons (Fsp3) is 0.375. The molecule has 1 aromatic rings. The van der Waals surface area contributed by atoms with Gasteiger partial charge in [-0.15, -0.1) is 0 Å². The molecule has 23 heavy (non-hydrogen) atoms. The molecule has 0 spiro atoms. The van der Waals surface area contributed by atoms with Crippen LogP contribution >= 0.6 is 0 Å². The fourth-order valence-electron chi connectivity index (χ4n) is 1.78. The van der Waals surface area contributed by atoms with Crippen molar-refractivity contribution in [2.45, 2.75) is 20.0 Å². The molecule has 2 N–H and O–H groups in total. The van der Waals surface area contributed by atoms with Crippen molar-refractivity contribution in [2.24, 2.45) is 0 Å². The Kier molecular flexibility index (Phi) is 9.83. The SMILES string of the molecule is C=C(C)C(=O)OCC(O)CN(CC(=O)O)c1ccc(C)cc1.[Na]. The van der Waals surface area contributed by atoms with Crippen LogP contribution < -0.4 is 4.90 Å². The van der Waals surface area contributed by atoms with Gasteiger partial charge in [-0.3, -0.25) is 4.79 Å². The van der Waals surface area contributed by atoms with Crippen LogP contribution in [0.3, 0.4) is 0 Å². The second-order valence-corrected chi connectivity index (χ2v) is 5.14. The number of nitrogens with zero attached hydrogens (tertiary/aromatic N) is 1. The minimum Gasteiger partial charge on any atom is -0.480 e. The number of aliphatic hydroxyl groups excluding tert-OH is 1. The van der Waals surface area contributed by atoms with Crippen molar-refractivity contribution < 1.29 is 24.5 Å². The number of hydrogen-bond acceptors (Lipinski definition) is 5. The maximum absolute atomic E-state index is 11.3. The summed E-state index contributed by atoms with van der Waals surface area (Å²) in [7, 11) is 0. The van der Waals surface area contributed by atoms with Gasteiger partial charge >= 0.3 is 11.9 Å². The van der Waals surface area contributed by atoms with Crippen LogP contribution in [0.4, 0.5) is 5.69 Å². The van der Waals surface area contributed by atoms with E-state index in [-0.39, 0.29) is 54.8 Å². The molecule has 0 saturated carbocycles. The Hall–Kier alpha value is -1.34. The Morgan fingerprint density at radius 2 is 1.87 bits per heavy atom. The summed E-state index contributed by atoms with van der Waals surface area (Å²) in [6, 6.07) is 7.28. The van der Waals surface area contributed by atoms with E-state index in [1.165, 1.54) is 11.8 Å². The van der Waals surface area contributed by atoms with Gasteiger partial charge in [0, 0.05) is 47.4 Å². The Labute approximate surface area is 158 Å². The van der Waals surface area contributed by atoms with Crippen molar-refractivity contribution in [3.05, 3.63) is 42.0 Å². The molecule has 121 valence electrons. The maximum atomic E-state index is 11.3. The minimum absolute atomic E-state index is 0. The predicted molar refractivity (Wildman–Crippen MR) is 88.6 cm³/mol. The molecule has 0 aliphatic rings. The molecule has 0 aliphatic carbocycles. The topological polar surface area (TPSA) is 87.1 Å². The standard InChI is InChI=1S/C16H21NO5.Na/c1-11(2)16(21)22-10-14(18)8-17(9-15(19)20)13-6-4-12(3)5-7-13;/h4-7,14,18H,1,8-10H2,2-3H3,(H,19,20);. The quantitative estimate of drug-likeness (QED) is 0.420. The number of esters is 1. The average molecular weight is 330 g/mol. The van der Waals surface area contributed by atoms with Gasteiger partial charge in [0.2, 0.25) is 0 Å². The van der Waals surface area contributed by atoms with Gasteiger partial charge in [-0.25, -0.2) is 4.79 Å². The van der Waals surface area contributed by atoms with Crippen molar-refractivity contribution in [3.8, 4) is 0 Å². The number of aryl methyl sites for hydroxylation is 1. The van der Waals surface area contributed by atoms with Crippen LogP contribution in [-0.4, -0.2) is 77.5 Å². The number of hydrogen-bond donors (Lipinski definition) is 2. The first kappa shape index (κ1) is 21.7. The third kappa shape index (κ3) is 8.18. The van der Waals surface area contributed by atoms with Gasteiger partial charge in [-0.05, 0) is 26.0 Å². The summed E-state index contributed by atoms with van der Waals surface area (Å²) >= 11 is 0. The molecule has 1 aromatic carbocycles. The predicted octanol–water partition coefficient (Wildman–Crippen LogP) is 0.985. The Morgan fingerprint density at radius 1 is 1.30 bits per heavy atom. The number of rotatable bonds is 8. The number of ether oxygens (including phenoxy) is 1. The smallest absolute Gasteiger partial charge is 0.333 e. The van der Waals surface area contributed by atoms with Crippen molar-refractivity contribution in [1.29, 1.82) is 0 Å². The van der Waals surface area contributed by atoms with Gasteiger partial charge in [-0.2, -0.15) is 0 Å². The van der Waals surface area contributed by atoms with Crippen LogP contribution in [-0.2, 0) is 14.3 Å². The van der Waals surface area contributed by atoms with Gasteiger partial charge in [0.05, 0.1) is 0 Å². The van der Waals surface area contributed by atoms with Gasteiger partial charge in [-0.1, -0.05) is 24.3 Å². The zero-order chi connectivity index (χ0) is 16.7.